The first-order valence-electron chi connectivity index (χ1n) is 6.85. The Kier molecular flexibility index (Phi) is 4.21. The second-order valence-electron chi connectivity index (χ2n) is 5.33. The molecule has 5 heteroatoms. The molecule has 0 aliphatic heterocycles. The van der Waals surface area contributed by atoms with E-state index in [4.69, 9.17) is 0 Å². The Morgan fingerprint density at radius 1 is 1.24 bits per heavy atom. The number of nitrogens with zero attached hydrogens (tertiary/aromatic N) is 2. The van der Waals surface area contributed by atoms with Crippen molar-refractivity contribution in [3.05, 3.63) is 57.5 Å². The molecule has 2 rings (SSSR count). The summed E-state index contributed by atoms with van der Waals surface area (Å²) < 4.78 is 1.15. The van der Waals surface area contributed by atoms with Crippen LogP contribution in [-0.2, 0) is 7.05 Å². The summed E-state index contributed by atoms with van der Waals surface area (Å²) in [5.74, 6) is -0.0184. The Morgan fingerprint density at radius 2 is 1.95 bits per heavy atom. The predicted octanol–water partition coefficient (Wildman–Crippen LogP) is 2.46. The van der Waals surface area contributed by atoms with Gasteiger partial charge in [-0.3, -0.25) is 9.59 Å². The van der Waals surface area contributed by atoms with Crippen LogP contribution in [0.1, 0.15) is 41.4 Å². The first-order chi connectivity index (χ1) is 9.90. The van der Waals surface area contributed by atoms with Crippen molar-refractivity contribution in [1.29, 1.82) is 0 Å². The number of benzene rings is 1. The lowest BCUT2D eigenvalue weighted by Crippen LogP contribution is -2.24. The largest absolute Gasteiger partial charge is 0.320 e. The molecule has 0 atom stereocenters. The van der Waals surface area contributed by atoms with Gasteiger partial charge in [0.1, 0.15) is 5.69 Å². The van der Waals surface area contributed by atoms with Crippen LogP contribution in [-0.4, -0.2) is 15.7 Å². The molecule has 110 valence electrons. The van der Waals surface area contributed by atoms with Gasteiger partial charge in [-0.25, -0.2) is 4.68 Å². The van der Waals surface area contributed by atoms with Crippen molar-refractivity contribution in [3.8, 4) is 0 Å². The van der Waals surface area contributed by atoms with Crippen molar-refractivity contribution in [2.45, 2.75) is 26.7 Å². The average Bonchev–Trinajstić information content (AvgIpc) is 2.43. The van der Waals surface area contributed by atoms with E-state index < -0.39 is 0 Å². The zero-order valence-corrected chi connectivity index (χ0v) is 12.7. The highest BCUT2D eigenvalue weighted by Gasteiger charge is 2.14. The summed E-state index contributed by atoms with van der Waals surface area (Å²) in [6, 6.07) is 8.70. The third kappa shape index (κ3) is 3.18. The summed E-state index contributed by atoms with van der Waals surface area (Å²) in [6.45, 7) is 6.11. The van der Waals surface area contributed by atoms with Crippen LogP contribution in [0.3, 0.4) is 0 Å². The van der Waals surface area contributed by atoms with Crippen LogP contribution in [0, 0.1) is 6.92 Å². The van der Waals surface area contributed by atoms with E-state index in [1.54, 1.807) is 0 Å². The second-order valence-corrected chi connectivity index (χ2v) is 5.33. The Balaban J connectivity index is 2.35. The summed E-state index contributed by atoms with van der Waals surface area (Å²) in [7, 11) is 1.52. The minimum Gasteiger partial charge on any atom is -0.320 e. The molecule has 2 aromatic rings. The maximum atomic E-state index is 12.3. The highest BCUT2D eigenvalue weighted by atomic mass is 16.2. The Labute approximate surface area is 123 Å². The molecule has 0 aliphatic carbocycles. The average molecular weight is 285 g/mol. The van der Waals surface area contributed by atoms with Gasteiger partial charge < -0.3 is 5.32 Å². The third-order valence-corrected chi connectivity index (χ3v) is 3.36. The second kappa shape index (κ2) is 5.91. The summed E-state index contributed by atoms with van der Waals surface area (Å²) in [4.78, 5) is 23.6. The number of para-hydroxylation sites is 1. The molecular weight excluding hydrogens is 266 g/mol. The molecule has 0 saturated heterocycles. The number of hydrogen-bond donors (Lipinski definition) is 1. The molecule has 0 unspecified atom stereocenters. The molecule has 0 aliphatic rings. The van der Waals surface area contributed by atoms with Gasteiger partial charge in [-0.05, 0) is 30.0 Å². The Morgan fingerprint density at radius 3 is 2.57 bits per heavy atom. The van der Waals surface area contributed by atoms with Gasteiger partial charge in [0.15, 0.2) is 0 Å². The number of aryl methyl sites for hydroxylation is 2. The summed E-state index contributed by atoms with van der Waals surface area (Å²) in [6.07, 6.45) is 0. The molecule has 5 nitrogen and oxygen atoms in total. The van der Waals surface area contributed by atoms with Crippen LogP contribution in [0.4, 0.5) is 5.69 Å². The van der Waals surface area contributed by atoms with Crippen molar-refractivity contribution < 1.29 is 4.79 Å². The fourth-order valence-electron chi connectivity index (χ4n) is 2.14. The maximum absolute atomic E-state index is 12.3. The Bertz CT molecular complexity index is 733. The SMILES string of the molecule is Cc1cccc(C(C)C)c1NC(=O)c1ccc(=O)n(C)n1. The minimum absolute atomic E-state index is 0.218. The van der Waals surface area contributed by atoms with E-state index in [1.165, 1.54) is 19.2 Å². The lowest BCUT2D eigenvalue weighted by molar-refractivity contribution is 0.102. The lowest BCUT2D eigenvalue weighted by Gasteiger charge is -2.16. The van der Waals surface area contributed by atoms with Gasteiger partial charge in [0.2, 0.25) is 0 Å². The van der Waals surface area contributed by atoms with Crippen LogP contribution >= 0.6 is 0 Å². The number of nitrogens with one attached hydrogen (secondary N) is 1. The molecule has 0 fully saturated rings. The van der Waals surface area contributed by atoms with Crippen molar-refractivity contribution >= 4 is 11.6 Å². The van der Waals surface area contributed by atoms with Crippen molar-refractivity contribution in [2.75, 3.05) is 5.32 Å². The number of carbonyl (C=O) groups is 1. The zero-order chi connectivity index (χ0) is 15.6. The Hall–Kier alpha value is -2.43. The topological polar surface area (TPSA) is 64.0 Å². The van der Waals surface area contributed by atoms with Crippen molar-refractivity contribution in [3.63, 3.8) is 0 Å². The fraction of sp³-hybridized carbons (Fsp3) is 0.312. The van der Waals surface area contributed by atoms with Crippen molar-refractivity contribution in [1.82, 2.24) is 9.78 Å². The van der Waals surface area contributed by atoms with E-state index in [2.05, 4.69) is 24.3 Å². The standard InChI is InChI=1S/C16H19N3O2/c1-10(2)12-7-5-6-11(3)15(12)17-16(21)13-8-9-14(20)19(4)18-13/h5-10H,1-4H3,(H,17,21). The van der Waals surface area contributed by atoms with Gasteiger partial charge in [-0.2, -0.15) is 5.10 Å². The molecule has 1 N–H and O–H groups in total. The molecule has 0 radical (unpaired) electrons. The summed E-state index contributed by atoms with van der Waals surface area (Å²) in [5, 5.41) is 6.87. The van der Waals surface area contributed by atoms with E-state index in [1.807, 2.05) is 25.1 Å². The molecule has 0 bridgehead atoms. The van der Waals surface area contributed by atoms with Crippen molar-refractivity contribution in [2.24, 2.45) is 7.05 Å². The normalized spacial score (nSPS) is 10.7. The van der Waals surface area contributed by atoms with Gasteiger partial charge in [0.05, 0.1) is 0 Å². The third-order valence-electron chi connectivity index (χ3n) is 3.36. The fourth-order valence-corrected chi connectivity index (χ4v) is 2.14. The van der Waals surface area contributed by atoms with Gasteiger partial charge >= 0.3 is 0 Å². The molecule has 21 heavy (non-hydrogen) atoms. The smallest absolute Gasteiger partial charge is 0.276 e. The van der Waals surface area contributed by atoms with Gasteiger partial charge in [-0.1, -0.05) is 32.0 Å². The number of carbonyl (C=O) groups excluding carboxylic acids is 1. The number of aromatic nitrogens is 2. The van der Waals surface area contributed by atoms with Gasteiger partial charge in [0.25, 0.3) is 11.5 Å². The zero-order valence-electron chi connectivity index (χ0n) is 12.7. The summed E-state index contributed by atoms with van der Waals surface area (Å²) >= 11 is 0. The number of hydrogen-bond acceptors (Lipinski definition) is 3. The van der Waals surface area contributed by atoms with Crippen LogP contribution in [0.2, 0.25) is 0 Å². The molecule has 1 aromatic carbocycles. The number of rotatable bonds is 3. The van der Waals surface area contributed by atoms with E-state index in [9.17, 15) is 9.59 Å². The minimum atomic E-state index is -0.318. The van der Waals surface area contributed by atoms with E-state index >= 15 is 0 Å². The number of anilines is 1. The predicted molar refractivity (Wildman–Crippen MR) is 82.7 cm³/mol. The number of amides is 1. The molecule has 0 saturated carbocycles. The van der Waals surface area contributed by atoms with Crippen LogP contribution in [0.15, 0.2) is 35.1 Å². The monoisotopic (exact) mass is 285 g/mol. The first-order valence-corrected chi connectivity index (χ1v) is 6.85. The highest BCUT2D eigenvalue weighted by molar-refractivity contribution is 6.03. The lowest BCUT2D eigenvalue weighted by atomic mass is 9.98. The van der Waals surface area contributed by atoms with Crippen LogP contribution in [0.5, 0.6) is 0 Å². The van der Waals surface area contributed by atoms with Gasteiger partial charge in [-0.15, -0.1) is 0 Å². The van der Waals surface area contributed by atoms with E-state index in [-0.39, 0.29) is 17.2 Å². The molecule has 0 spiro atoms. The quantitative estimate of drug-likeness (QED) is 0.942. The van der Waals surface area contributed by atoms with E-state index in [0.717, 1.165) is 21.5 Å². The molecule has 1 heterocycles. The van der Waals surface area contributed by atoms with Crippen LogP contribution < -0.4 is 10.9 Å². The van der Waals surface area contributed by atoms with E-state index in [0.29, 0.717) is 5.92 Å². The first kappa shape index (κ1) is 15.0. The molecule has 1 amide bonds. The highest BCUT2D eigenvalue weighted by Crippen LogP contribution is 2.27. The molecular formula is C16H19N3O2. The molecule has 1 aromatic heterocycles. The van der Waals surface area contributed by atoms with Crippen LogP contribution in [0.25, 0.3) is 0 Å². The van der Waals surface area contributed by atoms with Gasteiger partial charge in [0, 0.05) is 18.8 Å². The summed E-state index contributed by atoms with van der Waals surface area (Å²) in [5.41, 5.74) is 2.86. The maximum Gasteiger partial charge on any atom is 0.276 e.